The van der Waals surface area contributed by atoms with Gasteiger partial charge in [-0.3, -0.25) is 14.5 Å². The van der Waals surface area contributed by atoms with Crippen LogP contribution in [0.4, 0.5) is 5.69 Å². The minimum atomic E-state index is -0.797. The SMILES string of the molecule is COc1ccc(/C(O)=C2\C(=O)C(=O)N(c3cc(C)cc(C)c3)C2c2c(C)[nH]c3ccccc23)cc1. The van der Waals surface area contributed by atoms with Gasteiger partial charge < -0.3 is 14.8 Å². The molecule has 4 aromatic rings. The van der Waals surface area contributed by atoms with E-state index in [1.165, 1.54) is 4.90 Å². The van der Waals surface area contributed by atoms with E-state index in [9.17, 15) is 14.7 Å². The summed E-state index contributed by atoms with van der Waals surface area (Å²) < 4.78 is 5.22. The van der Waals surface area contributed by atoms with Crippen LogP contribution in [-0.4, -0.2) is 28.9 Å². The fourth-order valence-corrected chi connectivity index (χ4v) is 5.02. The third-order valence-corrected chi connectivity index (χ3v) is 6.51. The van der Waals surface area contributed by atoms with Crippen LogP contribution < -0.4 is 9.64 Å². The lowest BCUT2D eigenvalue weighted by molar-refractivity contribution is -0.132. The molecule has 0 aliphatic carbocycles. The maximum Gasteiger partial charge on any atom is 0.300 e. The van der Waals surface area contributed by atoms with Crippen molar-refractivity contribution in [3.8, 4) is 5.75 Å². The molecule has 1 aromatic heterocycles. The average molecular weight is 467 g/mol. The molecule has 0 spiro atoms. The van der Waals surface area contributed by atoms with Crippen molar-refractivity contribution in [3.63, 3.8) is 0 Å². The Bertz CT molecular complexity index is 1490. The number of nitrogens with zero attached hydrogens (tertiary/aromatic N) is 1. The number of carbonyl (C=O) groups excluding carboxylic acids is 2. The van der Waals surface area contributed by atoms with Gasteiger partial charge in [-0.1, -0.05) is 24.3 Å². The molecule has 1 amide bonds. The number of aromatic nitrogens is 1. The highest BCUT2D eigenvalue weighted by atomic mass is 16.5. The van der Waals surface area contributed by atoms with Crippen LogP contribution in [-0.2, 0) is 9.59 Å². The first kappa shape index (κ1) is 22.5. The van der Waals surface area contributed by atoms with E-state index in [4.69, 9.17) is 4.74 Å². The van der Waals surface area contributed by atoms with Gasteiger partial charge in [0.15, 0.2) is 0 Å². The van der Waals surface area contributed by atoms with Gasteiger partial charge in [0.25, 0.3) is 11.7 Å². The quantitative estimate of drug-likeness (QED) is 0.229. The number of aromatic amines is 1. The molecule has 5 rings (SSSR count). The van der Waals surface area contributed by atoms with Crippen molar-refractivity contribution in [2.24, 2.45) is 0 Å². The van der Waals surface area contributed by atoms with Gasteiger partial charge >= 0.3 is 0 Å². The molecular formula is C29H26N2O4. The number of fused-ring (bicyclic) bond motifs is 1. The number of amides is 1. The third kappa shape index (κ3) is 3.67. The molecular weight excluding hydrogens is 440 g/mol. The number of hydrogen-bond acceptors (Lipinski definition) is 4. The summed E-state index contributed by atoms with van der Waals surface area (Å²) >= 11 is 0. The zero-order valence-electron chi connectivity index (χ0n) is 20.0. The fourth-order valence-electron chi connectivity index (χ4n) is 5.02. The first-order valence-electron chi connectivity index (χ1n) is 11.4. The van der Waals surface area contributed by atoms with Gasteiger partial charge in [-0.05, 0) is 74.4 Å². The minimum Gasteiger partial charge on any atom is -0.507 e. The van der Waals surface area contributed by atoms with Gasteiger partial charge in [-0.25, -0.2) is 0 Å². The van der Waals surface area contributed by atoms with E-state index in [1.54, 1.807) is 31.4 Å². The Labute approximate surface area is 203 Å². The standard InChI is InChI=1S/C29H26N2O4/c1-16-13-17(2)15-20(14-16)31-26(24-18(3)30-23-8-6-5-7-22(23)24)25(28(33)29(31)34)27(32)19-9-11-21(35-4)12-10-19/h5-15,26,30,32H,1-4H3/b27-25+. The summed E-state index contributed by atoms with van der Waals surface area (Å²) in [4.78, 5) is 31.9. The summed E-state index contributed by atoms with van der Waals surface area (Å²) in [6.07, 6.45) is 0. The maximum atomic E-state index is 13.5. The summed E-state index contributed by atoms with van der Waals surface area (Å²) in [5.74, 6) is -0.972. The normalized spacial score (nSPS) is 17.4. The molecule has 6 nitrogen and oxygen atoms in total. The van der Waals surface area contributed by atoms with Crippen LogP contribution >= 0.6 is 0 Å². The Kier molecular flexibility index (Phi) is 5.44. The molecule has 1 atom stereocenters. The number of carbonyl (C=O) groups is 2. The second-order valence-electron chi connectivity index (χ2n) is 8.95. The van der Waals surface area contributed by atoms with E-state index in [2.05, 4.69) is 4.98 Å². The van der Waals surface area contributed by atoms with Gasteiger partial charge in [0, 0.05) is 33.4 Å². The van der Waals surface area contributed by atoms with Gasteiger partial charge in [-0.2, -0.15) is 0 Å². The van der Waals surface area contributed by atoms with Crippen LogP contribution in [0.2, 0.25) is 0 Å². The lowest BCUT2D eigenvalue weighted by Gasteiger charge is -2.26. The Balaban J connectivity index is 1.81. The van der Waals surface area contributed by atoms with E-state index < -0.39 is 17.7 Å². The highest BCUT2D eigenvalue weighted by Gasteiger charge is 2.48. The van der Waals surface area contributed by atoms with Crippen molar-refractivity contribution in [1.29, 1.82) is 0 Å². The molecule has 1 fully saturated rings. The van der Waals surface area contributed by atoms with E-state index >= 15 is 0 Å². The summed E-state index contributed by atoms with van der Waals surface area (Å²) in [6, 6.07) is 19.5. The maximum absolute atomic E-state index is 13.5. The zero-order valence-corrected chi connectivity index (χ0v) is 20.0. The number of aliphatic hydroxyl groups is 1. The Hall–Kier alpha value is -4.32. The molecule has 1 unspecified atom stereocenters. The number of rotatable bonds is 4. The van der Waals surface area contributed by atoms with E-state index in [-0.39, 0.29) is 11.3 Å². The number of aryl methyl sites for hydroxylation is 3. The van der Waals surface area contributed by atoms with Crippen LogP contribution in [0, 0.1) is 20.8 Å². The zero-order chi connectivity index (χ0) is 24.9. The van der Waals surface area contributed by atoms with E-state index in [1.807, 2.05) is 63.2 Å². The Morgan fingerprint density at radius 2 is 1.60 bits per heavy atom. The summed E-state index contributed by atoms with van der Waals surface area (Å²) in [5.41, 5.74) is 5.59. The third-order valence-electron chi connectivity index (χ3n) is 6.51. The number of anilines is 1. The molecule has 2 N–H and O–H groups in total. The molecule has 1 aliphatic rings. The lowest BCUT2D eigenvalue weighted by Crippen LogP contribution is -2.29. The number of aliphatic hydroxyl groups excluding tert-OH is 1. The van der Waals surface area contributed by atoms with Gasteiger partial charge in [0.2, 0.25) is 0 Å². The van der Waals surface area contributed by atoms with E-state index in [0.29, 0.717) is 17.0 Å². The molecule has 35 heavy (non-hydrogen) atoms. The number of H-pyrrole nitrogens is 1. The number of ketones is 1. The van der Waals surface area contributed by atoms with Crippen molar-refractivity contribution < 1.29 is 19.4 Å². The largest absolute Gasteiger partial charge is 0.507 e. The van der Waals surface area contributed by atoms with Gasteiger partial charge in [0.05, 0.1) is 18.7 Å². The minimum absolute atomic E-state index is 0.0622. The Morgan fingerprint density at radius 1 is 0.943 bits per heavy atom. The van der Waals surface area contributed by atoms with Crippen molar-refractivity contribution in [2.45, 2.75) is 26.8 Å². The number of ether oxygens (including phenoxy) is 1. The summed E-state index contributed by atoms with van der Waals surface area (Å²) in [7, 11) is 1.56. The molecule has 3 aromatic carbocycles. The van der Waals surface area contributed by atoms with E-state index in [0.717, 1.165) is 33.3 Å². The van der Waals surface area contributed by atoms with Gasteiger partial charge in [0.1, 0.15) is 11.5 Å². The number of benzene rings is 3. The van der Waals surface area contributed by atoms with Crippen LogP contribution in [0.3, 0.4) is 0 Å². The predicted octanol–water partition coefficient (Wildman–Crippen LogP) is 5.73. The summed E-state index contributed by atoms with van der Waals surface area (Å²) in [6.45, 7) is 5.83. The smallest absolute Gasteiger partial charge is 0.300 e. The van der Waals surface area contributed by atoms with Crippen LogP contribution in [0.5, 0.6) is 5.75 Å². The number of Topliss-reactive ketones (excluding diaryl/α,β-unsaturated/α-hetero) is 1. The fraction of sp³-hybridized carbons (Fsp3) is 0.172. The second-order valence-corrected chi connectivity index (χ2v) is 8.95. The van der Waals surface area contributed by atoms with Crippen molar-refractivity contribution in [3.05, 3.63) is 100 Å². The summed E-state index contributed by atoms with van der Waals surface area (Å²) in [5, 5.41) is 12.3. The van der Waals surface area contributed by atoms with Crippen molar-refractivity contribution in [2.75, 3.05) is 12.0 Å². The lowest BCUT2D eigenvalue weighted by atomic mass is 9.93. The molecule has 1 aliphatic heterocycles. The van der Waals surface area contributed by atoms with Gasteiger partial charge in [-0.15, -0.1) is 0 Å². The average Bonchev–Trinajstić information content (AvgIpc) is 3.30. The number of para-hydroxylation sites is 1. The predicted molar refractivity (Wildman–Crippen MR) is 137 cm³/mol. The second kappa shape index (κ2) is 8.47. The molecule has 0 radical (unpaired) electrons. The van der Waals surface area contributed by atoms with Crippen LogP contribution in [0.25, 0.3) is 16.7 Å². The topological polar surface area (TPSA) is 82.6 Å². The van der Waals surface area contributed by atoms with Crippen molar-refractivity contribution >= 4 is 34.0 Å². The highest BCUT2D eigenvalue weighted by Crippen LogP contribution is 2.45. The molecule has 0 bridgehead atoms. The molecule has 2 heterocycles. The monoisotopic (exact) mass is 466 g/mol. The van der Waals surface area contributed by atoms with Crippen LogP contribution in [0.1, 0.15) is 34.0 Å². The van der Waals surface area contributed by atoms with Crippen LogP contribution in [0.15, 0.2) is 72.3 Å². The molecule has 0 saturated carbocycles. The Morgan fingerprint density at radius 3 is 2.26 bits per heavy atom. The first-order chi connectivity index (χ1) is 16.8. The molecule has 6 heteroatoms. The number of hydrogen-bond donors (Lipinski definition) is 2. The van der Waals surface area contributed by atoms with Crippen molar-refractivity contribution in [1.82, 2.24) is 4.98 Å². The first-order valence-corrected chi connectivity index (χ1v) is 11.4. The number of nitrogens with one attached hydrogen (secondary N) is 1. The number of methoxy groups -OCH3 is 1. The molecule has 1 saturated heterocycles. The molecule has 176 valence electrons. The highest BCUT2D eigenvalue weighted by molar-refractivity contribution is 6.52.